The molecule has 0 bridgehead atoms. The summed E-state index contributed by atoms with van der Waals surface area (Å²) in [5, 5.41) is 2.59. The van der Waals surface area contributed by atoms with Gasteiger partial charge in [0.25, 0.3) is 5.56 Å². The highest BCUT2D eigenvalue weighted by atomic mass is 32.1. The molecule has 3 aromatic rings. The Bertz CT molecular complexity index is 1080. The topological polar surface area (TPSA) is 61.2 Å². The zero-order valence-corrected chi connectivity index (χ0v) is 17.6. The number of fused-ring (bicyclic) bond motifs is 2. The summed E-state index contributed by atoms with van der Waals surface area (Å²) < 4.78 is 6.61. The van der Waals surface area contributed by atoms with Crippen LogP contribution in [0.2, 0.25) is 0 Å². The number of nitrogens with zero attached hydrogens (tertiary/aromatic N) is 2. The Labute approximate surface area is 174 Å². The quantitative estimate of drug-likeness (QED) is 0.417. The first-order valence-electron chi connectivity index (χ1n) is 10.4. The Kier molecular flexibility index (Phi) is 6.09. The van der Waals surface area contributed by atoms with Crippen molar-refractivity contribution < 1.29 is 9.53 Å². The SMILES string of the molecule is CCCCCOC(=O)Cn1cnc2scc(-c3ccc4c(c3)CCCC4)c2c1=O. The van der Waals surface area contributed by atoms with Gasteiger partial charge in [0.15, 0.2) is 0 Å². The molecule has 152 valence electrons. The third-order valence-corrected chi connectivity index (χ3v) is 6.42. The summed E-state index contributed by atoms with van der Waals surface area (Å²) in [4.78, 5) is 30.3. The van der Waals surface area contributed by atoms with E-state index in [9.17, 15) is 9.59 Å². The fraction of sp³-hybridized carbons (Fsp3) is 0.435. The van der Waals surface area contributed by atoms with Crippen LogP contribution >= 0.6 is 11.3 Å². The van der Waals surface area contributed by atoms with Gasteiger partial charge >= 0.3 is 5.97 Å². The fourth-order valence-corrected chi connectivity index (χ4v) is 4.82. The molecule has 0 unspecified atom stereocenters. The van der Waals surface area contributed by atoms with Crippen LogP contribution in [0, 0.1) is 0 Å². The maximum absolute atomic E-state index is 13.1. The van der Waals surface area contributed by atoms with E-state index in [1.54, 1.807) is 0 Å². The monoisotopic (exact) mass is 410 g/mol. The van der Waals surface area contributed by atoms with Crippen LogP contribution in [-0.4, -0.2) is 22.1 Å². The molecule has 6 heteroatoms. The van der Waals surface area contributed by atoms with E-state index in [1.165, 1.54) is 46.2 Å². The molecule has 29 heavy (non-hydrogen) atoms. The molecule has 2 aromatic heterocycles. The maximum Gasteiger partial charge on any atom is 0.326 e. The van der Waals surface area contributed by atoms with Gasteiger partial charge in [0, 0.05) is 10.9 Å². The smallest absolute Gasteiger partial charge is 0.326 e. The lowest BCUT2D eigenvalue weighted by Crippen LogP contribution is -2.25. The first kappa shape index (κ1) is 19.8. The average molecular weight is 411 g/mol. The number of aryl methyl sites for hydroxylation is 2. The lowest BCUT2D eigenvalue weighted by molar-refractivity contribution is -0.144. The van der Waals surface area contributed by atoms with E-state index in [0.717, 1.165) is 43.2 Å². The standard InChI is InChI=1S/C23H26N2O3S/c1-2-3-6-11-28-20(26)13-25-15-24-22-21(23(25)27)19(14-29-22)18-10-9-16-7-4-5-8-17(16)12-18/h9-10,12,14-15H,2-8,11,13H2,1H3. The van der Waals surface area contributed by atoms with Crippen molar-refractivity contribution in [3.63, 3.8) is 0 Å². The lowest BCUT2D eigenvalue weighted by Gasteiger charge is -2.16. The van der Waals surface area contributed by atoms with Gasteiger partial charge in [-0.1, -0.05) is 38.0 Å². The molecular weight excluding hydrogens is 384 g/mol. The molecule has 0 fully saturated rings. The van der Waals surface area contributed by atoms with E-state index >= 15 is 0 Å². The maximum atomic E-state index is 13.1. The van der Waals surface area contributed by atoms with Crippen LogP contribution in [0.4, 0.5) is 0 Å². The molecule has 0 atom stereocenters. The number of hydrogen-bond acceptors (Lipinski definition) is 5. The number of ether oxygens (including phenoxy) is 1. The summed E-state index contributed by atoms with van der Waals surface area (Å²) in [6.45, 7) is 2.40. The molecule has 5 nitrogen and oxygen atoms in total. The van der Waals surface area contributed by atoms with Crippen molar-refractivity contribution >= 4 is 27.5 Å². The highest BCUT2D eigenvalue weighted by Crippen LogP contribution is 2.33. The molecule has 0 radical (unpaired) electrons. The van der Waals surface area contributed by atoms with Crippen LogP contribution < -0.4 is 5.56 Å². The summed E-state index contributed by atoms with van der Waals surface area (Å²) in [5.41, 5.74) is 4.57. The van der Waals surface area contributed by atoms with Gasteiger partial charge in [-0.25, -0.2) is 4.98 Å². The van der Waals surface area contributed by atoms with Crippen LogP contribution in [0.3, 0.4) is 0 Å². The Morgan fingerprint density at radius 1 is 1.21 bits per heavy atom. The van der Waals surface area contributed by atoms with Crippen LogP contribution in [0.25, 0.3) is 21.3 Å². The number of carbonyl (C=O) groups is 1. The molecule has 0 N–H and O–H groups in total. The number of thiophene rings is 1. The van der Waals surface area contributed by atoms with E-state index in [-0.39, 0.29) is 12.1 Å². The summed E-state index contributed by atoms with van der Waals surface area (Å²) in [6, 6.07) is 6.51. The predicted octanol–water partition coefficient (Wildman–Crippen LogP) is 4.74. The number of rotatable bonds is 7. The van der Waals surface area contributed by atoms with Crippen molar-refractivity contribution in [2.45, 2.75) is 58.4 Å². The highest BCUT2D eigenvalue weighted by Gasteiger charge is 2.17. The third kappa shape index (κ3) is 4.27. The molecule has 1 aliphatic carbocycles. The Balaban J connectivity index is 1.61. The van der Waals surface area contributed by atoms with Crippen LogP contribution in [-0.2, 0) is 28.9 Å². The molecule has 1 aromatic carbocycles. The minimum absolute atomic E-state index is 0.104. The van der Waals surface area contributed by atoms with Crippen molar-refractivity contribution in [2.24, 2.45) is 0 Å². The summed E-state index contributed by atoms with van der Waals surface area (Å²) in [5.74, 6) is -0.394. The second-order valence-electron chi connectivity index (χ2n) is 7.63. The number of aromatic nitrogens is 2. The van der Waals surface area contributed by atoms with Crippen molar-refractivity contribution in [1.82, 2.24) is 9.55 Å². The van der Waals surface area contributed by atoms with Crippen LogP contribution in [0.1, 0.15) is 50.2 Å². The Morgan fingerprint density at radius 3 is 2.86 bits per heavy atom. The van der Waals surface area contributed by atoms with Gasteiger partial charge in [-0.05, 0) is 48.8 Å². The normalized spacial score (nSPS) is 13.4. The van der Waals surface area contributed by atoms with E-state index in [4.69, 9.17) is 4.74 Å². The second kappa shape index (κ2) is 8.91. The predicted molar refractivity (Wildman–Crippen MR) is 116 cm³/mol. The lowest BCUT2D eigenvalue weighted by atomic mass is 9.89. The molecule has 0 amide bonds. The second-order valence-corrected chi connectivity index (χ2v) is 8.48. The molecule has 0 spiro atoms. The minimum Gasteiger partial charge on any atom is -0.464 e. The van der Waals surface area contributed by atoms with Gasteiger partial charge in [-0.15, -0.1) is 11.3 Å². The summed E-state index contributed by atoms with van der Waals surface area (Å²) in [7, 11) is 0. The molecule has 0 saturated heterocycles. The van der Waals surface area contributed by atoms with Crippen molar-refractivity contribution in [1.29, 1.82) is 0 Å². The van der Waals surface area contributed by atoms with Gasteiger partial charge < -0.3 is 4.74 Å². The molecular formula is C23H26N2O3S. The molecule has 0 aliphatic heterocycles. The molecule has 0 saturated carbocycles. The summed E-state index contributed by atoms with van der Waals surface area (Å²) >= 11 is 1.47. The Hall–Kier alpha value is -2.47. The van der Waals surface area contributed by atoms with Gasteiger partial charge in [0.2, 0.25) is 0 Å². The van der Waals surface area contributed by atoms with Gasteiger partial charge in [-0.3, -0.25) is 14.2 Å². The third-order valence-electron chi connectivity index (χ3n) is 5.53. The van der Waals surface area contributed by atoms with E-state index in [1.807, 2.05) is 5.38 Å². The number of carbonyl (C=O) groups excluding carboxylic acids is 1. The Morgan fingerprint density at radius 2 is 2.03 bits per heavy atom. The van der Waals surface area contributed by atoms with Crippen molar-refractivity contribution in [3.05, 3.63) is 51.4 Å². The first-order valence-corrected chi connectivity index (χ1v) is 11.3. The van der Waals surface area contributed by atoms with Gasteiger partial charge in [0.05, 0.1) is 18.3 Å². The number of esters is 1. The van der Waals surface area contributed by atoms with Crippen LogP contribution in [0.15, 0.2) is 34.7 Å². The molecule has 2 heterocycles. The number of hydrogen-bond donors (Lipinski definition) is 0. The first-order chi connectivity index (χ1) is 14.2. The average Bonchev–Trinajstić information content (AvgIpc) is 3.18. The zero-order chi connectivity index (χ0) is 20.2. The van der Waals surface area contributed by atoms with Crippen LogP contribution in [0.5, 0.6) is 0 Å². The molecule has 4 rings (SSSR count). The molecule has 1 aliphatic rings. The fourth-order valence-electron chi connectivity index (χ4n) is 3.92. The zero-order valence-electron chi connectivity index (χ0n) is 16.8. The van der Waals surface area contributed by atoms with Crippen molar-refractivity contribution in [2.75, 3.05) is 6.61 Å². The van der Waals surface area contributed by atoms with Gasteiger partial charge in [0.1, 0.15) is 11.4 Å². The van der Waals surface area contributed by atoms with Crippen molar-refractivity contribution in [3.8, 4) is 11.1 Å². The number of unbranched alkanes of at least 4 members (excludes halogenated alkanes) is 2. The van der Waals surface area contributed by atoms with Gasteiger partial charge in [-0.2, -0.15) is 0 Å². The van der Waals surface area contributed by atoms with E-state index in [2.05, 4.69) is 30.1 Å². The van der Waals surface area contributed by atoms with E-state index < -0.39 is 5.97 Å². The minimum atomic E-state index is -0.394. The summed E-state index contributed by atoms with van der Waals surface area (Å²) in [6.07, 6.45) is 9.09. The number of benzene rings is 1. The highest BCUT2D eigenvalue weighted by molar-refractivity contribution is 7.17. The van der Waals surface area contributed by atoms with E-state index in [0.29, 0.717) is 16.8 Å². The largest absolute Gasteiger partial charge is 0.464 e.